The molecule has 11 heteroatoms. The quantitative estimate of drug-likeness (QED) is 0.281. The topological polar surface area (TPSA) is 130 Å². The van der Waals surface area contributed by atoms with E-state index in [4.69, 9.17) is 0 Å². The van der Waals surface area contributed by atoms with E-state index in [9.17, 15) is 29.6 Å². The minimum atomic E-state index is -1.01. The number of aromatic hydroxyl groups is 1. The summed E-state index contributed by atoms with van der Waals surface area (Å²) in [7, 11) is 0. The number of imide groups is 2. The number of barbiturate groups is 1. The molecule has 1 saturated heterocycles. The van der Waals surface area contributed by atoms with Crippen molar-refractivity contribution in [2.75, 3.05) is 4.90 Å². The number of nitrogens with one attached hydrogen (secondary N) is 1. The Morgan fingerprint density at radius 3 is 2.36 bits per heavy atom. The van der Waals surface area contributed by atoms with E-state index in [0.717, 1.165) is 6.07 Å². The number of hydrogen-bond acceptors (Lipinski definition) is 6. The van der Waals surface area contributed by atoms with Crippen LogP contribution in [0.5, 0.6) is 5.75 Å². The number of phenolic OH excluding ortho intramolecular Hbond substituents is 1. The molecule has 142 valence electrons. The molecule has 1 fully saturated rings. The van der Waals surface area contributed by atoms with E-state index in [1.807, 2.05) is 5.32 Å². The number of carbonyl (C=O) groups excluding carboxylic acids is 3. The van der Waals surface area contributed by atoms with Gasteiger partial charge in [0.15, 0.2) is 0 Å². The highest BCUT2D eigenvalue weighted by atomic mass is 79.9. The SMILES string of the molecule is O=C1NC(=O)N(c2cccc([N+](=O)[O-])c2)C(=O)/C1=C/c1cc(Br)c(O)c(Br)c1. The zero-order valence-corrected chi connectivity index (χ0v) is 16.9. The molecule has 0 radical (unpaired) electrons. The van der Waals surface area contributed by atoms with Gasteiger partial charge in [0.05, 0.1) is 19.6 Å². The second-order valence-corrected chi connectivity index (χ2v) is 7.28. The summed E-state index contributed by atoms with van der Waals surface area (Å²) in [6.07, 6.45) is 1.24. The number of non-ortho nitro benzene ring substituents is 1. The summed E-state index contributed by atoms with van der Waals surface area (Å²) in [5.74, 6) is -1.90. The predicted octanol–water partition coefficient (Wildman–Crippen LogP) is 3.49. The molecule has 0 bridgehead atoms. The Hall–Kier alpha value is -3.05. The van der Waals surface area contributed by atoms with Crippen molar-refractivity contribution in [1.82, 2.24) is 5.32 Å². The molecule has 3 rings (SSSR count). The van der Waals surface area contributed by atoms with E-state index in [0.29, 0.717) is 19.4 Å². The minimum absolute atomic E-state index is 0.0526. The van der Waals surface area contributed by atoms with Crippen molar-refractivity contribution < 1.29 is 24.4 Å². The van der Waals surface area contributed by atoms with Crippen LogP contribution in [-0.4, -0.2) is 27.9 Å². The Kier molecular flexibility index (Phi) is 5.29. The lowest BCUT2D eigenvalue weighted by Gasteiger charge is -2.26. The molecule has 4 amide bonds. The van der Waals surface area contributed by atoms with Crippen molar-refractivity contribution in [3.63, 3.8) is 0 Å². The molecule has 0 saturated carbocycles. The van der Waals surface area contributed by atoms with Crippen LogP contribution >= 0.6 is 31.9 Å². The largest absolute Gasteiger partial charge is 0.506 e. The zero-order valence-electron chi connectivity index (χ0n) is 13.7. The summed E-state index contributed by atoms with van der Waals surface area (Å²) in [5.41, 5.74) is -0.325. The van der Waals surface area contributed by atoms with Crippen LogP contribution in [0.3, 0.4) is 0 Å². The van der Waals surface area contributed by atoms with Gasteiger partial charge in [0, 0.05) is 12.1 Å². The second-order valence-electron chi connectivity index (χ2n) is 5.57. The standard InChI is InChI=1S/C17H9Br2N3O6/c18-12-5-8(6-13(19)14(12)23)4-11-15(24)20-17(26)21(16(11)25)9-2-1-3-10(7-9)22(27)28/h1-7,23H,(H,20,24,26)/b11-4+. The molecule has 0 atom stereocenters. The maximum absolute atomic E-state index is 12.8. The summed E-state index contributed by atoms with van der Waals surface area (Å²) in [6, 6.07) is 6.86. The third kappa shape index (κ3) is 3.66. The van der Waals surface area contributed by atoms with Gasteiger partial charge < -0.3 is 5.11 Å². The summed E-state index contributed by atoms with van der Waals surface area (Å²) in [4.78, 5) is 48.1. The Labute approximate surface area is 174 Å². The van der Waals surface area contributed by atoms with Crippen molar-refractivity contribution in [2.45, 2.75) is 0 Å². The predicted molar refractivity (Wildman–Crippen MR) is 106 cm³/mol. The van der Waals surface area contributed by atoms with Crippen LogP contribution in [0.2, 0.25) is 0 Å². The molecule has 2 N–H and O–H groups in total. The van der Waals surface area contributed by atoms with Crippen LogP contribution in [0.15, 0.2) is 50.9 Å². The number of phenols is 1. The van der Waals surface area contributed by atoms with Gasteiger partial charge in [0.2, 0.25) is 0 Å². The molecule has 0 aromatic heterocycles. The number of amides is 4. The molecule has 1 aliphatic rings. The Morgan fingerprint density at radius 1 is 1.11 bits per heavy atom. The van der Waals surface area contributed by atoms with Crippen LogP contribution in [0.1, 0.15) is 5.56 Å². The molecule has 1 aliphatic heterocycles. The van der Waals surface area contributed by atoms with Crippen molar-refractivity contribution in [2.24, 2.45) is 0 Å². The van der Waals surface area contributed by atoms with Gasteiger partial charge in [-0.1, -0.05) is 6.07 Å². The fourth-order valence-corrected chi connectivity index (χ4v) is 3.69. The van der Waals surface area contributed by atoms with Gasteiger partial charge in [-0.25, -0.2) is 9.69 Å². The van der Waals surface area contributed by atoms with Gasteiger partial charge in [-0.3, -0.25) is 25.0 Å². The smallest absolute Gasteiger partial charge is 0.335 e. The van der Waals surface area contributed by atoms with E-state index in [1.54, 1.807) is 0 Å². The maximum Gasteiger partial charge on any atom is 0.335 e. The fourth-order valence-electron chi connectivity index (χ4n) is 2.47. The molecule has 0 aliphatic carbocycles. The lowest BCUT2D eigenvalue weighted by atomic mass is 10.1. The molecule has 0 spiro atoms. The maximum atomic E-state index is 12.8. The highest BCUT2D eigenvalue weighted by Gasteiger charge is 2.37. The zero-order chi connectivity index (χ0) is 20.6. The Bertz CT molecular complexity index is 1060. The first-order valence-electron chi connectivity index (χ1n) is 7.53. The second kappa shape index (κ2) is 7.52. The average molecular weight is 511 g/mol. The lowest BCUT2D eigenvalue weighted by molar-refractivity contribution is -0.384. The Morgan fingerprint density at radius 2 is 1.75 bits per heavy atom. The fraction of sp³-hybridized carbons (Fsp3) is 0. The van der Waals surface area contributed by atoms with Gasteiger partial charge in [-0.2, -0.15) is 0 Å². The van der Waals surface area contributed by atoms with Crippen molar-refractivity contribution >= 4 is 67.2 Å². The first-order valence-corrected chi connectivity index (χ1v) is 9.11. The first-order chi connectivity index (χ1) is 13.2. The van der Waals surface area contributed by atoms with Crippen LogP contribution in [-0.2, 0) is 9.59 Å². The number of anilines is 1. The Balaban J connectivity index is 2.06. The first kappa shape index (κ1) is 19.7. The highest BCUT2D eigenvalue weighted by molar-refractivity contribution is 9.11. The summed E-state index contributed by atoms with van der Waals surface area (Å²) in [6.45, 7) is 0. The minimum Gasteiger partial charge on any atom is -0.506 e. The molecule has 9 nitrogen and oxygen atoms in total. The highest BCUT2D eigenvalue weighted by Crippen LogP contribution is 2.34. The molecule has 1 heterocycles. The number of hydrogen-bond donors (Lipinski definition) is 2. The number of halogens is 2. The van der Waals surface area contributed by atoms with Gasteiger partial charge in [-0.15, -0.1) is 0 Å². The summed E-state index contributed by atoms with van der Waals surface area (Å²) >= 11 is 6.30. The van der Waals surface area contributed by atoms with Gasteiger partial charge in [0.1, 0.15) is 11.3 Å². The van der Waals surface area contributed by atoms with E-state index < -0.39 is 22.8 Å². The molecule has 2 aromatic carbocycles. The van der Waals surface area contributed by atoms with Gasteiger partial charge >= 0.3 is 6.03 Å². The summed E-state index contributed by atoms with van der Waals surface area (Å²) in [5, 5.41) is 22.8. The van der Waals surface area contributed by atoms with Crippen LogP contribution in [0.4, 0.5) is 16.2 Å². The monoisotopic (exact) mass is 509 g/mol. The van der Waals surface area contributed by atoms with Gasteiger partial charge in [0.25, 0.3) is 17.5 Å². The molecule has 0 unspecified atom stereocenters. The van der Waals surface area contributed by atoms with E-state index >= 15 is 0 Å². The number of nitrogens with zero attached hydrogens (tertiary/aromatic N) is 2. The number of rotatable bonds is 3. The van der Waals surface area contributed by atoms with Crippen LogP contribution in [0.25, 0.3) is 6.08 Å². The number of nitro groups is 1. The molecular weight excluding hydrogens is 502 g/mol. The number of carbonyl (C=O) groups is 3. The molecule has 2 aromatic rings. The number of urea groups is 1. The van der Waals surface area contributed by atoms with Crippen LogP contribution < -0.4 is 10.2 Å². The third-order valence-electron chi connectivity index (χ3n) is 3.75. The van der Waals surface area contributed by atoms with Crippen molar-refractivity contribution in [3.8, 4) is 5.75 Å². The third-order valence-corrected chi connectivity index (χ3v) is 4.96. The average Bonchev–Trinajstić information content (AvgIpc) is 2.63. The van der Waals surface area contributed by atoms with E-state index in [1.165, 1.54) is 36.4 Å². The normalized spacial score (nSPS) is 15.7. The van der Waals surface area contributed by atoms with Crippen LogP contribution in [0, 0.1) is 10.1 Å². The molecule has 28 heavy (non-hydrogen) atoms. The lowest BCUT2D eigenvalue weighted by Crippen LogP contribution is -2.54. The number of nitro benzene ring substituents is 1. The van der Waals surface area contributed by atoms with E-state index in [2.05, 4.69) is 31.9 Å². The summed E-state index contributed by atoms with van der Waals surface area (Å²) < 4.78 is 0.646. The van der Waals surface area contributed by atoms with Crippen molar-refractivity contribution in [3.05, 3.63) is 66.6 Å². The molecular formula is C17H9Br2N3O6. The van der Waals surface area contributed by atoms with Gasteiger partial charge in [-0.05, 0) is 61.7 Å². The van der Waals surface area contributed by atoms with Crippen molar-refractivity contribution in [1.29, 1.82) is 0 Å². The van der Waals surface area contributed by atoms with E-state index in [-0.39, 0.29) is 22.7 Å². The number of benzene rings is 2.